The summed E-state index contributed by atoms with van der Waals surface area (Å²) < 4.78 is 0. The summed E-state index contributed by atoms with van der Waals surface area (Å²) in [6, 6.07) is 0. The van der Waals surface area contributed by atoms with Crippen LogP contribution in [0.1, 0.15) is 20.8 Å². The molecule has 0 atom stereocenters. The summed E-state index contributed by atoms with van der Waals surface area (Å²) in [5.74, 6) is 0.534. The topological polar surface area (TPSA) is 26.0 Å². The second-order valence-corrected chi connectivity index (χ2v) is 3.29. The lowest BCUT2D eigenvalue weighted by Crippen LogP contribution is -1.92. The number of rotatable bonds is 3. The minimum absolute atomic E-state index is 0.534. The van der Waals surface area contributed by atoms with Crippen molar-refractivity contribution in [3.8, 4) is 0 Å². The standard InChI is InChI=1S/C8H15NS/c1-4-5-10-8(6-9)7(2)3/h4-7H,9H2,1-3H3/b5-4-,8-6-. The minimum Gasteiger partial charge on any atom is -0.404 e. The molecule has 0 saturated heterocycles. The predicted octanol–water partition coefficient (Wildman–Crippen LogP) is 2.71. The fourth-order valence-corrected chi connectivity index (χ4v) is 1.16. The molecule has 0 fully saturated rings. The molecule has 0 aromatic rings. The Balaban J connectivity index is 3.86. The number of thioether (sulfide) groups is 1. The molecular formula is C8H15NS. The van der Waals surface area contributed by atoms with Gasteiger partial charge < -0.3 is 5.73 Å². The molecule has 0 unspecified atom stereocenters. The van der Waals surface area contributed by atoms with Gasteiger partial charge in [0, 0.05) is 11.1 Å². The normalized spacial score (nSPS) is 13.4. The van der Waals surface area contributed by atoms with Crippen LogP contribution in [0.4, 0.5) is 0 Å². The van der Waals surface area contributed by atoms with E-state index in [-0.39, 0.29) is 0 Å². The average molecular weight is 157 g/mol. The van der Waals surface area contributed by atoms with Gasteiger partial charge in [-0.25, -0.2) is 0 Å². The summed E-state index contributed by atoms with van der Waals surface area (Å²) in [7, 11) is 0. The van der Waals surface area contributed by atoms with Crippen molar-refractivity contribution in [1.29, 1.82) is 0 Å². The van der Waals surface area contributed by atoms with Gasteiger partial charge in [0.2, 0.25) is 0 Å². The number of nitrogens with two attached hydrogens (primary N) is 1. The molecule has 0 bridgehead atoms. The Labute approximate surface area is 67.4 Å². The molecule has 0 rings (SSSR count). The fraction of sp³-hybridized carbons (Fsp3) is 0.500. The van der Waals surface area contributed by atoms with Crippen molar-refractivity contribution >= 4 is 11.8 Å². The van der Waals surface area contributed by atoms with Crippen LogP contribution < -0.4 is 5.73 Å². The number of hydrogen-bond acceptors (Lipinski definition) is 2. The molecule has 0 aliphatic carbocycles. The first-order chi connectivity index (χ1) is 4.72. The summed E-state index contributed by atoms with van der Waals surface area (Å²) in [5, 5.41) is 2.04. The van der Waals surface area contributed by atoms with Crippen molar-refractivity contribution in [3.63, 3.8) is 0 Å². The quantitative estimate of drug-likeness (QED) is 0.681. The van der Waals surface area contributed by atoms with E-state index in [9.17, 15) is 0 Å². The molecule has 2 heteroatoms. The van der Waals surface area contributed by atoms with E-state index in [4.69, 9.17) is 5.73 Å². The van der Waals surface area contributed by atoms with E-state index in [0.29, 0.717) is 5.92 Å². The predicted molar refractivity (Wildman–Crippen MR) is 49.5 cm³/mol. The Kier molecular flexibility index (Phi) is 5.22. The third-order valence-electron chi connectivity index (χ3n) is 1.07. The van der Waals surface area contributed by atoms with Crippen LogP contribution in [0, 0.1) is 5.92 Å². The Hall–Kier alpha value is -0.370. The SMILES string of the molecule is C/C=C\S/C(=C\N)C(C)C. The fourth-order valence-electron chi connectivity index (χ4n) is 0.514. The molecular weight excluding hydrogens is 142 g/mol. The summed E-state index contributed by atoms with van der Waals surface area (Å²) in [4.78, 5) is 1.22. The number of allylic oxidation sites excluding steroid dienone is 2. The Morgan fingerprint density at radius 1 is 1.50 bits per heavy atom. The van der Waals surface area contributed by atoms with Gasteiger partial charge in [-0.3, -0.25) is 0 Å². The first-order valence-corrected chi connectivity index (χ1v) is 4.30. The largest absolute Gasteiger partial charge is 0.404 e. The van der Waals surface area contributed by atoms with Crippen molar-refractivity contribution in [2.24, 2.45) is 11.7 Å². The monoisotopic (exact) mass is 157 g/mol. The van der Waals surface area contributed by atoms with E-state index < -0.39 is 0 Å². The van der Waals surface area contributed by atoms with E-state index in [2.05, 4.69) is 13.8 Å². The highest BCUT2D eigenvalue weighted by Crippen LogP contribution is 2.23. The molecule has 0 aromatic carbocycles. The Morgan fingerprint density at radius 3 is 2.40 bits per heavy atom. The van der Waals surface area contributed by atoms with Crippen LogP contribution in [-0.4, -0.2) is 0 Å². The lowest BCUT2D eigenvalue weighted by atomic mass is 10.2. The first kappa shape index (κ1) is 9.63. The second-order valence-electron chi connectivity index (χ2n) is 2.31. The van der Waals surface area contributed by atoms with Crippen LogP contribution in [0.15, 0.2) is 22.6 Å². The maximum absolute atomic E-state index is 5.40. The molecule has 58 valence electrons. The molecule has 0 spiro atoms. The smallest absolute Gasteiger partial charge is 0.00715 e. The van der Waals surface area contributed by atoms with Gasteiger partial charge in [-0.05, 0) is 18.2 Å². The zero-order valence-electron chi connectivity index (χ0n) is 6.79. The van der Waals surface area contributed by atoms with Gasteiger partial charge in [0.1, 0.15) is 0 Å². The molecule has 1 nitrogen and oxygen atoms in total. The second kappa shape index (κ2) is 5.42. The average Bonchev–Trinajstić information content (AvgIpc) is 1.89. The van der Waals surface area contributed by atoms with Gasteiger partial charge in [0.25, 0.3) is 0 Å². The van der Waals surface area contributed by atoms with Gasteiger partial charge in [0.15, 0.2) is 0 Å². The van der Waals surface area contributed by atoms with E-state index in [1.807, 2.05) is 18.4 Å². The zero-order valence-corrected chi connectivity index (χ0v) is 7.61. The van der Waals surface area contributed by atoms with Gasteiger partial charge in [0.05, 0.1) is 0 Å². The van der Waals surface area contributed by atoms with Crippen molar-refractivity contribution in [3.05, 3.63) is 22.6 Å². The highest BCUT2D eigenvalue weighted by atomic mass is 32.2. The summed E-state index contributed by atoms with van der Waals surface area (Å²) in [6.07, 6.45) is 3.69. The first-order valence-electron chi connectivity index (χ1n) is 3.42. The van der Waals surface area contributed by atoms with Crippen LogP contribution >= 0.6 is 11.8 Å². The Morgan fingerprint density at radius 2 is 2.10 bits per heavy atom. The van der Waals surface area contributed by atoms with E-state index in [1.54, 1.807) is 18.0 Å². The van der Waals surface area contributed by atoms with E-state index in [1.165, 1.54) is 4.91 Å². The highest BCUT2D eigenvalue weighted by Gasteiger charge is 1.99. The van der Waals surface area contributed by atoms with Crippen LogP contribution in [0.3, 0.4) is 0 Å². The van der Waals surface area contributed by atoms with Crippen molar-refractivity contribution < 1.29 is 0 Å². The van der Waals surface area contributed by atoms with Gasteiger partial charge in [-0.15, -0.1) is 11.8 Å². The third kappa shape index (κ3) is 3.62. The molecule has 0 heterocycles. The van der Waals surface area contributed by atoms with E-state index >= 15 is 0 Å². The molecule has 0 saturated carbocycles. The lowest BCUT2D eigenvalue weighted by molar-refractivity contribution is 0.814. The van der Waals surface area contributed by atoms with Crippen LogP contribution in [0.5, 0.6) is 0 Å². The van der Waals surface area contributed by atoms with Crippen molar-refractivity contribution in [2.75, 3.05) is 0 Å². The van der Waals surface area contributed by atoms with Gasteiger partial charge in [-0.1, -0.05) is 19.9 Å². The van der Waals surface area contributed by atoms with Crippen molar-refractivity contribution in [1.82, 2.24) is 0 Å². The van der Waals surface area contributed by atoms with Crippen LogP contribution in [0.2, 0.25) is 0 Å². The van der Waals surface area contributed by atoms with E-state index in [0.717, 1.165) is 0 Å². The number of hydrogen-bond donors (Lipinski definition) is 1. The molecule has 2 N–H and O–H groups in total. The van der Waals surface area contributed by atoms with Crippen molar-refractivity contribution in [2.45, 2.75) is 20.8 Å². The summed E-state index contributed by atoms with van der Waals surface area (Å²) in [5.41, 5.74) is 5.40. The molecule has 0 radical (unpaired) electrons. The summed E-state index contributed by atoms with van der Waals surface area (Å²) >= 11 is 1.69. The van der Waals surface area contributed by atoms with Crippen LogP contribution in [-0.2, 0) is 0 Å². The molecule has 0 aliphatic rings. The summed E-state index contributed by atoms with van der Waals surface area (Å²) in [6.45, 7) is 6.27. The molecule has 10 heavy (non-hydrogen) atoms. The third-order valence-corrected chi connectivity index (χ3v) is 2.36. The highest BCUT2D eigenvalue weighted by molar-refractivity contribution is 8.05. The maximum Gasteiger partial charge on any atom is 0.00715 e. The molecule has 0 aromatic heterocycles. The Bertz CT molecular complexity index is 136. The maximum atomic E-state index is 5.40. The van der Waals surface area contributed by atoms with Gasteiger partial charge >= 0.3 is 0 Å². The van der Waals surface area contributed by atoms with Crippen LogP contribution in [0.25, 0.3) is 0 Å². The molecule has 0 amide bonds. The van der Waals surface area contributed by atoms with Gasteiger partial charge in [-0.2, -0.15) is 0 Å². The lowest BCUT2D eigenvalue weighted by Gasteiger charge is -2.05. The minimum atomic E-state index is 0.534. The molecule has 0 aliphatic heterocycles. The zero-order chi connectivity index (χ0) is 7.98.